The Balaban J connectivity index is 4.36. The van der Waals surface area contributed by atoms with E-state index in [-0.39, 0.29) is 37.5 Å². The van der Waals surface area contributed by atoms with E-state index in [1.54, 1.807) is 0 Å². The van der Waals surface area contributed by atoms with Gasteiger partial charge in [-0.25, -0.2) is 0 Å². The maximum atomic E-state index is 12.8. The highest BCUT2D eigenvalue weighted by atomic mass is 16.6. The number of unbranched alkanes of at least 4 members (excludes halogenated alkanes) is 29. The van der Waals surface area contributed by atoms with E-state index < -0.39 is 6.10 Å². The lowest BCUT2D eigenvalue weighted by Gasteiger charge is -2.18. The fourth-order valence-electron chi connectivity index (χ4n) is 7.81. The third-order valence-corrected chi connectivity index (χ3v) is 12.0. The van der Waals surface area contributed by atoms with E-state index in [1.165, 1.54) is 167 Å². The number of carbonyl (C=O) groups is 3. The number of rotatable bonds is 50. The zero-order valence-electron chi connectivity index (χ0n) is 43.0. The number of hydrogen-bond donors (Lipinski definition) is 0. The molecule has 0 aromatic carbocycles. The molecule has 376 valence electrons. The average Bonchev–Trinajstić information content (AvgIpc) is 3.30. The van der Waals surface area contributed by atoms with Gasteiger partial charge in [-0.1, -0.05) is 223 Å². The van der Waals surface area contributed by atoms with E-state index in [4.69, 9.17) is 14.2 Å². The average molecular weight is 909 g/mol. The Morgan fingerprint density at radius 3 is 1.02 bits per heavy atom. The summed E-state index contributed by atoms with van der Waals surface area (Å²) in [5, 5.41) is 0. The van der Waals surface area contributed by atoms with Crippen LogP contribution < -0.4 is 0 Å². The van der Waals surface area contributed by atoms with Crippen molar-refractivity contribution in [1.29, 1.82) is 0 Å². The lowest BCUT2D eigenvalue weighted by Crippen LogP contribution is -2.30. The molecule has 0 N–H and O–H groups in total. The predicted octanol–water partition coefficient (Wildman–Crippen LogP) is 18.4. The summed E-state index contributed by atoms with van der Waals surface area (Å²) >= 11 is 0. The standard InChI is InChI=1S/C59H104O6/c1-4-7-10-13-16-19-22-24-26-28-29-31-32-34-37-40-43-46-49-52-58(61)64-55-56(54-63-57(60)51-48-45-42-39-36-21-18-15-12-9-6-3)65-59(62)53-50-47-44-41-38-35-33-30-27-25-23-20-17-14-11-8-5-2/h9,12,18,21,25,27-29,39,42,56H,4-8,10-11,13-17,19-20,22-24,26,30-38,40-41,43-55H2,1-3H3/b12-9-,21-18-,27-25-,29-28-,42-39-. The minimum atomic E-state index is -0.797. The van der Waals surface area contributed by atoms with Crippen LogP contribution in [0.25, 0.3) is 0 Å². The molecular weight excluding hydrogens is 805 g/mol. The molecule has 0 saturated carbocycles. The van der Waals surface area contributed by atoms with Gasteiger partial charge in [0, 0.05) is 19.3 Å². The monoisotopic (exact) mass is 909 g/mol. The third kappa shape index (κ3) is 51.9. The third-order valence-electron chi connectivity index (χ3n) is 12.0. The molecule has 0 fully saturated rings. The highest BCUT2D eigenvalue weighted by Crippen LogP contribution is 2.15. The van der Waals surface area contributed by atoms with Gasteiger partial charge < -0.3 is 14.2 Å². The molecule has 1 atom stereocenters. The van der Waals surface area contributed by atoms with Crippen molar-refractivity contribution in [3.63, 3.8) is 0 Å². The van der Waals surface area contributed by atoms with Crippen LogP contribution in [-0.4, -0.2) is 37.2 Å². The predicted molar refractivity (Wildman–Crippen MR) is 279 cm³/mol. The molecule has 0 aromatic rings. The first-order chi connectivity index (χ1) is 32.0. The number of esters is 3. The summed E-state index contributed by atoms with van der Waals surface area (Å²) in [5.74, 6) is -0.951. The Labute approximate surface area is 402 Å². The van der Waals surface area contributed by atoms with Crippen LogP contribution in [0.4, 0.5) is 0 Å². The number of allylic oxidation sites excluding steroid dienone is 10. The first-order valence-electron chi connectivity index (χ1n) is 27.8. The summed E-state index contributed by atoms with van der Waals surface area (Å²) in [4.78, 5) is 38.0. The van der Waals surface area contributed by atoms with Crippen LogP contribution >= 0.6 is 0 Å². The van der Waals surface area contributed by atoms with Gasteiger partial charge in [0.15, 0.2) is 6.10 Å². The largest absolute Gasteiger partial charge is 0.462 e. The number of ether oxygens (including phenoxy) is 3. The topological polar surface area (TPSA) is 78.9 Å². The van der Waals surface area contributed by atoms with Crippen molar-refractivity contribution >= 4 is 17.9 Å². The fourth-order valence-corrected chi connectivity index (χ4v) is 7.81. The van der Waals surface area contributed by atoms with Gasteiger partial charge in [-0.2, -0.15) is 0 Å². The van der Waals surface area contributed by atoms with E-state index >= 15 is 0 Å². The van der Waals surface area contributed by atoms with Crippen molar-refractivity contribution in [1.82, 2.24) is 0 Å². The van der Waals surface area contributed by atoms with E-state index in [9.17, 15) is 14.4 Å². The molecule has 0 bridgehead atoms. The van der Waals surface area contributed by atoms with Gasteiger partial charge in [-0.3, -0.25) is 14.4 Å². The van der Waals surface area contributed by atoms with Gasteiger partial charge in [-0.15, -0.1) is 0 Å². The van der Waals surface area contributed by atoms with Crippen LogP contribution in [-0.2, 0) is 28.6 Å². The second kappa shape index (κ2) is 53.7. The lowest BCUT2D eigenvalue weighted by molar-refractivity contribution is -0.167. The molecule has 0 aliphatic carbocycles. The molecule has 0 radical (unpaired) electrons. The van der Waals surface area contributed by atoms with E-state index in [2.05, 4.69) is 81.5 Å². The van der Waals surface area contributed by atoms with Crippen LogP contribution in [0.2, 0.25) is 0 Å². The van der Waals surface area contributed by atoms with Crippen molar-refractivity contribution in [2.45, 2.75) is 284 Å². The van der Waals surface area contributed by atoms with Crippen LogP contribution in [0.5, 0.6) is 0 Å². The van der Waals surface area contributed by atoms with Gasteiger partial charge in [0.2, 0.25) is 0 Å². The van der Waals surface area contributed by atoms with Crippen LogP contribution in [0.3, 0.4) is 0 Å². The van der Waals surface area contributed by atoms with Gasteiger partial charge in [0.05, 0.1) is 0 Å². The van der Waals surface area contributed by atoms with E-state index in [1.807, 2.05) is 0 Å². The number of carbonyl (C=O) groups excluding carboxylic acids is 3. The maximum absolute atomic E-state index is 12.8. The lowest BCUT2D eigenvalue weighted by atomic mass is 10.1. The second-order valence-corrected chi connectivity index (χ2v) is 18.5. The molecule has 65 heavy (non-hydrogen) atoms. The summed E-state index contributed by atoms with van der Waals surface area (Å²) in [6.07, 6.45) is 66.5. The molecule has 0 aliphatic rings. The number of hydrogen-bond acceptors (Lipinski definition) is 6. The highest BCUT2D eigenvalue weighted by Gasteiger charge is 2.19. The van der Waals surface area contributed by atoms with Gasteiger partial charge in [0.1, 0.15) is 13.2 Å². The highest BCUT2D eigenvalue weighted by molar-refractivity contribution is 5.71. The van der Waals surface area contributed by atoms with Crippen LogP contribution in [0.15, 0.2) is 60.8 Å². The van der Waals surface area contributed by atoms with E-state index in [0.29, 0.717) is 19.3 Å². The molecular formula is C59H104O6. The molecule has 1 unspecified atom stereocenters. The van der Waals surface area contributed by atoms with Crippen molar-refractivity contribution < 1.29 is 28.6 Å². The first-order valence-corrected chi connectivity index (χ1v) is 27.8. The van der Waals surface area contributed by atoms with Crippen LogP contribution in [0, 0.1) is 0 Å². The zero-order valence-corrected chi connectivity index (χ0v) is 43.0. The second-order valence-electron chi connectivity index (χ2n) is 18.5. The quantitative estimate of drug-likeness (QED) is 0.0262. The van der Waals surface area contributed by atoms with Crippen molar-refractivity contribution in [3.8, 4) is 0 Å². The SMILES string of the molecule is CC/C=C\C/C=C\C/C=C\CCCC(=O)OCC(COC(=O)CCCCCCCCC/C=C\CCCCCCCCCC)OC(=O)CCCCCCCCC/C=C\CCCCCCCC. The Hall–Kier alpha value is -2.89. The van der Waals surface area contributed by atoms with Crippen LogP contribution in [0.1, 0.15) is 278 Å². The Kier molecular flexibility index (Phi) is 51.3. The van der Waals surface area contributed by atoms with Gasteiger partial charge in [-0.05, 0) is 96.3 Å². The molecule has 0 amide bonds. The summed E-state index contributed by atoms with van der Waals surface area (Å²) in [7, 11) is 0. The molecule has 0 aliphatic heterocycles. The Morgan fingerprint density at radius 1 is 0.323 bits per heavy atom. The van der Waals surface area contributed by atoms with Gasteiger partial charge >= 0.3 is 17.9 Å². The normalized spacial score (nSPS) is 12.5. The summed E-state index contributed by atoms with van der Waals surface area (Å²) in [6.45, 7) is 6.48. The maximum Gasteiger partial charge on any atom is 0.306 e. The Morgan fingerprint density at radius 2 is 0.615 bits per heavy atom. The van der Waals surface area contributed by atoms with E-state index in [0.717, 1.165) is 64.2 Å². The summed E-state index contributed by atoms with van der Waals surface area (Å²) in [5.41, 5.74) is 0. The Bertz CT molecular complexity index is 1180. The van der Waals surface area contributed by atoms with Crippen molar-refractivity contribution in [2.24, 2.45) is 0 Å². The molecule has 0 saturated heterocycles. The molecule has 6 heteroatoms. The molecule has 0 heterocycles. The fraction of sp³-hybridized carbons (Fsp3) is 0.780. The zero-order chi connectivity index (χ0) is 47.2. The smallest absolute Gasteiger partial charge is 0.306 e. The van der Waals surface area contributed by atoms with Crippen molar-refractivity contribution in [2.75, 3.05) is 13.2 Å². The molecule has 0 rings (SSSR count). The summed E-state index contributed by atoms with van der Waals surface area (Å²) in [6, 6.07) is 0. The van der Waals surface area contributed by atoms with Crippen molar-refractivity contribution in [3.05, 3.63) is 60.8 Å². The molecule has 0 aromatic heterocycles. The minimum Gasteiger partial charge on any atom is -0.462 e. The van der Waals surface area contributed by atoms with Gasteiger partial charge in [0.25, 0.3) is 0 Å². The summed E-state index contributed by atoms with van der Waals surface area (Å²) < 4.78 is 16.8. The minimum absolute atomic E-state index is 0.0931. The first kappa shape index (κ1) is 62.1. The molecule has 0 spiro atoms. The molecule has 6 nitrogen and oxygen atoms in total.